The standard InChI is InChI=1S/C22H24N4O3/c1-29-18-8-6-17(7-9-18)21(27)25-13-10-24(11-14-25)12-15-26-16-23-20-5-3-2-4-19(20)22(26)28/h2-9,16H,10-15H2,1H3. The molecule has 0 bridgehead atoms. The maximum Gasteiger partial charge on any atom is 0.261 e. The van der Waals surface area contributed by atoms with Crippen LogP contribution < -0.4 is 10.3 Å². The third kappa shape index (κ3) is 4.14. The Morgan fingerprint density at radius 2 is 1.72 bits per heavy atom. The van der Waals surface area contributed by atoms with Crippen LogP contribution in [0.25, 0.3) is 10.9 Å². The van der Waals surface area contributed by atoms with Gasteiger partial charge >= 0.3 is 0 Å². The van der Waals surface area contributed by atoms with Gasteiger partial charge in [-0.2, -0.15) is 0 Å². The molecule has 4 rings (SSSR count). The molecular formula is C22H24N4O3. The Balaban J connectivity index is 1.32. The van der Waals surface area contributed by atoms with E-state index in [9.17, 15) is 9.59 Å². The molecule has 0 saturated carbocycles. The van der Waals surface area contributed by atoms with Crippen molar-refractivity contribution in [3.05, 3.63) is 70.8 Å². The summed E-state index contributed by atoms with van der Waals surface area (Å²) in [5, 5.41) is 0.643. The number of aromatic nitrogens is 2. The molecule has 0 radical (unpaired) electrons. The molecule has 7 heteroatoms. The first-order chi connectivity index (χ1) is 14.2. The summed E-state index contributed by atoms with van der Waals surface area (Å²) in [5.41, 5.74) is 1.39. The second-order valence-electron chi connectivity index (χ2n) is 7.12. The van der Waals surface area contributed by atoms with Gasteiger partial charge in [0.2, 0.25) is 0 Å². The normalized spacial score (nSPS) is 14.9. The molecule has 1 fully saturated rings. The summed E-state index contributed by atoms with van der Waals surface area (Å²) >= 11 is 0. The minimum atomic E-state index is -0.0103. The van der Waals surface area contributed by atoms with Gasteiger partial charge in [-0.15, -0.1) is 0 Å². The van der Waals surface area contributed by atoms with Crippen molar-refractivity contribution in [1.82, 2.24) is 19.4 Å². The van der Waals surface area contributed by atoms with E-state index < -0.39 is 0 Å². The number of piperazine rings is 1. The van der Waals surface area contributed by atoms with E-state index >= 15 is 0 Å². The van der Waals surface area contributed by atoms with Crippen molar-refractivity contribution in [2.45, 2.75) is 6.54 Å². The topological polar surface area (TPSA) is 67.7 Å². The highest BCUT2D eigenvalue weighted by molar-refractivity contribution is 5.94. The molecule has 150 valence electrons. The number of benzene rings is 2. The molecule has 0 spiro atoms. The number of carbonyl (C=O) groups excluding carboxylic acids is 1. The molecular weight excluding hydrogens is 368 g/mol. The zero-order chi connectivity index (χ0) is 20.2. The summed E-state index contributed by atoms with van der Waals surface area (Å²) in [7, 11) is 1.61. The van der Waals surface area contributed by atoms with Gasteiger partial charge in [-0.05, 0) is 36.4 Å². The Kier molecular flexibility index (Phi) is 5.57. The Morgan fingerprint density at radius 1 is 1.00 bits per heavy atom. The van der Waals surface area contributed by atoms with E-state index in [-0.39, 0.29) is 11.5 Å². The summed E-state index contributed by atoms with van der Waals surface area (Å²) in [5.74, 6) is 0.784. The van der Waals surface area contributed by atoms with Crippen LogP contribution in [0.1, 0.15) is 10.4 Å². The molecule has 29 heavy (non-hydrogen) atoms. The van der Waals surface area contributed by atoms with Crippen LogP contribution in [-0.4, -0.2) is 65.1 Å². The largest absolute Gasteiger partial charge is 0.497 e. The van der Waals surface area contributed by atoms with Gasteiger partial charge in [0.05, 0.1) is 24.3 Å². The van der Waals surface area contributed by atoms with E-state index in [0.29, 0.717) is 30.6 Å². The Labute approximate surface area is 169 Å². The van der Waals surface area contributed by atoms with E-state index in [1.165, 1.54) is 0 Å². The van der Waals surface area contributed by atoms with E-state index in [1.807, 2.05) is 29.2 Å². The van der Waals surface area contributed by atoms with Gasteiger partial charge in [0.25, 0.3) is 11.5 Å². The van der Waals surface area contributed by atoms with Gasteiger partial charge in [-0.25, -0.2) is 4.98 Å². The Bertz CT molecular complexity index is 1050. The van der Waals surface area contributed by atoms with Crippen LogP contribution >= 0.6 is 0 Å². The van der Waals surface area contributed by atoms with Gasteiger partial charge in [-0.3, -0.25) is 19.1 Å². The second kappa shape index (κ2) is 8.45. The van der Waals surface area contributed by atoms with Gasteiger partial charge in [-0.1, -0.05) is 12.1 Å². The smallest absolute Gasteiger partial charge is 0.261 e. The molecule has 1 amide bonds. The van der Waals surface area contributed by atoms with Crippen LogP contribution in [0.15, 0.2) is 59.7 Å². The van der Waals surface area contributed by atoms with Crippen LogP contribution in [-0.2, 0) is 6.54 Å². The van der Waals surface area contributed by atoms with Gasteiger partial charge in [0, 0.05) is 44.8 Å². The van der Waals surface area contributed by atoms with Crippen molar-refractivity contribution in [1.29, 1.82) is 0 Å². The molecule has 1 aliphatic rings. The van der Waals surface area contributed by atoms with Gasteiger partial charge in [0.1, 0.15) is 5.75 Å². The molecule has 1 aromatic heterocycles. The van der Waals surface area contributed by atoms with Crippen molar-refractivity contribution in [3.8, 4) is 5.75 Å². The summed E-state index contributed by atoms with van der Waals surface area (Å²) in [6, 6.07) is 14.6. The lowest BCUT2D eigenvalue weighted by atomic mass is 10.1. The first kappa shape index (κ1) is 19.1. The minimum Gasteiger partial charge on any atom is -0.497 e. The molecule has 1 saturated heterocycles. The molecule has 2 aromatic carbocycles. The fourth-order valence-corrected chi connectivity index (χ4v) is 3.61. The zero-order valence-electron chi connectivity index (χ0n) is 16.5. The summed E-state index contributed by atoms with van der Waals surface area (Å²) in [6.45, 7) is 4.27. The highest BCUT2D eigenvalue weighted by Crippen LogP contribution is 2.14. The number of hydrogen-bond donors (Lipinski definition) is 0. The lowest BCUT2D eigenvalue weighted by molar-refractivity contribution is 0.0633. The number of hydrogen-bond acceptors (Lipinski definition) is 5. The molecule has 0 aliphatic carbocycles. The number of carbonyl (C=O) groups is 1. The van der Waals surface area contributed by atoms with Crippen LogP contribution in [0.3, 0.4) is 0 Å². The molecule has 0 unspecified atom stereocenters. The number of nitrogens with zero attached hydrogens (tertiary/aromatic N) is 4. The monoisotopic (exact) mass is 392 g/mol. The molecule has 3 aromatic rings. The van der Waals surface area contributed by atoms with Gasteiger partial charge in [0.15, 0.2) is 0 Å². The van der Waals surface area contributed by atoms with E-state index in [1.54, 1.807) is 42.3 Å². The summed E-state index contributed by atoms with van der Waals surface area (Å²) < 4.78 is 6.81. The van der Waals surface area contributed by atoms with E-state index in [2.05, 4.69) is 9.88 Å². The van der Waals surface area contributed by atoms with Crippen LogP contribution in [0.4, 0.5) is 0 Å². The summed E-state index contributed by atoms with van der Waals surface area (Å²) in [6.07, 6.45) is 1.62. The highest BCUT2D eigenvalue weighted by atomic mass is 16.5. The maximum atomic E-state index is 12.7. The van der Waals surface area contributed by atoms with E-state index in [0.717, 1.165) is 30.9 Å². The first-order valence-electron chi connectivity index (χ1n) is 9.75. The Hall–Kier alpha value is -3.19. The maximum absolute atomic E-state index is 12.7. The van der Waals surface area contributed by atoms with Crippen molar-refractivity contribution >= 4 is 16.8 Å². The molecule has 0 N–H and O–H groups in total. The van der Waals surface area contributed by atoms with Crippen LogP contribution in [0.5, 0.6) is 5.75 Å². The third-order valence-electron chi connectivity index (χ3n) is 5.39. The van der Waals surface area contributed by atoms with Crippen molar-refractivity contribution in [2.24, 2.45) is 0 Å². The fourth-order valence-electron chi connectivity index (χ4n) is 3.61. The van der Waals surface area contributed by atoms with Crippen LogP contribution in [0.2, 0.25) is 0 Å². The minimum absolute atomic E-state index is 0.0103. The Morgan fingerprint density at radius 3 is 2.45 bits per heavy atom. The van der Waals surface area contributed by atoms with Crippen molar-refractivity contribution in [2.75, 3.05) is 39.8 Å². The predicted molar refractivity (Wildman–Crippen MR) is 111 cm³/mol. The van der Waals surface area contributed by atoms with Crippen LogP contribution in [0, 0.1) is 0 Å². The fraction of sp³-hybridized carbons (Fsp3) is 0.318. The number of ether oxygens (including phenoxy) is 1. The number of amides is 1. The highest BCUT2D eigenvalue weighted by Gasteiger charge is 2.22. The molecule has 0 atom stereocenters. The SMILES string of the molecule is COc1ccc(C(=O)N2CCN(CCn3cnc4ccccc4c3=O)CC2)cc1. The van der Waals surface area contributed by atoms with Crippen molar-refractivity contribution in [3.63, 3.8) is 0 Å². The average molecular weight is 392 g/mol. The number of para-hydroxylation sites is 1. The van der Waals surface area contributed by atoms with E-state index in [4.69, 9.17) is 4.74 Å². The second-order valence-corrected chi connectivity index (χ2v) is 7.12. The quantitative estimate of drug-likeness (QED) is 0.663. The molecule has 7 nitrogen and oxygen atoms in total. The first-order valence-corrected chi connectivity index (χ1v) is 9.75. The number of rotatable bonds is 5. The average Bonchev–Trinajstić information content (AvgIpc) is 2.79. The summed E-state index contributed by atoms with van der Waals surface area (Å²) in [4.78, 5) is 33.8. The van der Waals surface area contributed by atoms with Gasteiger partial charge < -0.3 is 9.64 Å². The third-order valence-corrected chi connectivity index (χ3v) is 5.39. The predicted octanol–water partition coefficient (Wildman–Crippen LogP) is 1.86. The lowest BCUT2D eigenvalue weighted by Gasteiger charge is -2.34. The zero-order valence-corrected chi connectivity index (χ0v) is 16.5. The van der Waals surface area contributed by atoms with Crippen molar-refractivity contribution < 1.29 is 9.53 Å². The molecule has 2 heterocycles. The number of fused-ring (bicyclic) bond motifs is 1. The molecule has 1 aliphatic heterocycles. The lowest BCUT2D eigenvalue weighted by Crippen LogP contribution is -2.49. The number of methoxy groups -OCH3 is 1.